The van der Waals surface area contributed by atoms with E-state index in [-0.39, 0.29) is 6.54 Å². The number of furan rings is 1. The first kappa shape index (κ1) is 21.0. The highest BCUT2D eigenvalue weighted by Crippen LogP contribution is 2.49. The number of nitrogens with zero attached hydrogens (tertiary/aromatic N) is 1. The SMILES string of the molecule is Cc1cc(C2NC(CO)(C(=O)O)C3C(=O)N(CC=Cc4ccccc4)C(=O)C23)oc1C. The maximum atomic E-state index is 13.3. The van der Waals surface area contributed by atoms with Crippen LogP contribution < -0.4 is 5.32 Å². The van der Waals surface area contributed by atoms with Gasteiger partial charge in [-0.15, -0.1) is 0 Å². The molecule has 4 atom stereocenters. The van der Waals surface area contributed by atoms with Gasteiger partial charge in [-0.3, -0.25) is 24.6 Å². The molecule has 0 bridgehead atoms. The van der Waals surface area contributed by atoms with Crippen molar-refractivity contribution in [3.8, 4) is 0 Å². The van der Waals surface area contributed by atoms with Crippen LogP contribution in [0.25, 0.3) is 6.08 Å². The molecule has 0 saturated carbocycles. The Morgan fingerprint density at radius 2 is 1.94 bits per heavy atom. The predicted octanol–water partition coefficient (Wildman–Crippen LogP) is 1.67. The summed E-state index contributed by atoms with van der Waals surface area (Å²) in [4.78, 5) is 39.7. The Morgan fingerprint density at radius 1 is 1.23 bits per heavy atom. The summed E-state index contributed by atoms with van der Waals surface area (Å²) in [5, 5.41) is 22.8. The van der Waals surface area contributed by atoms with Gasteiger partial charge in [0.1, 0.15) is 11.5 Å². The van der Waals surface area contributed by atoms with Gasteiger partial charge in [-0.2, -0.15) is 0 Å². The molecule has 2 amide bonds. The highest BCUT2D eigenvalue weighted by molar-refractivity contribution is 6.09. The summed E-state index contributed by atoms with van der Waals surface area (Å²) in [6.45, 7) is 2.80. The molecule has 2 aliphatic rings. The van der Waals surface area contributed by atoms with Crippen LogP contribution >= 0.6 is 0 Å². The lowest BCUT2D eigenvalue weighted by Crippen LogP contribution is -2.58. The number of hydrogen-bond donors (Lipinski definition) is 3. The van der Waals surface area contributed by atoms with Gasteiger partial charge in [0.15, 0.2) is 5.54 Å². The van der Waals surface area contributed by atoms with E-state index < -0.39 is 47.8 Å². The Labute approximate surface area is 179 Å². The molecule has 162 valence electrons. The zero-order valence-electron chi connectivity index (χ0n) is 17.2. The number of rotatable bonds is 6. The lowest BCUT2D eigenvalue weighted by atomic mass is 9.80. The number of amides is 2. The second-order valence-electron chi connectivity index (χ2n) is 8.05. The van der Waals surface area contributed by atoms with E-state index in [1.165, 1.54) is 0 Å². The Balaban J connectivity index is 1.68. The first-order valence-corrected chi connectivity index (χ1v) is 10.1. The van der Waals surface area contributed by atoms with Crippen LogP contribution in [-0.2, 0) is 14.4 Å². The topological polar surface area (TPSA) is 120 Å². The fourth-order valence-corrected chi connectivity index (χ4v) is 4.51. The molecule has 2 aliphatic heterocycles. The van der Waals surface area contributed by atoms with Crippen LogP contribution in [-0.4, -0.2) is 51.6 Å². The maximum Gasteiger partial charge on any atom is 0.327 e. The van der Waals surface area contributed by atoms with E-state index in [0.717, 1.165) is 16.0 Å². The van der Waals surface area contributed by atoms with E-state index in [0.29, 0.717) is 11.5 Å². The third kappa shape index (κ3) is 3.28. The van der Waals surface area contributed by atoms with Crippen molar-refractivity contribution in [2.45, 2.75) is 25.4 Å². The van der Waals surface area contributed by atoms with Gasteiger partial charge in [-0.25, -0.2) is 0 Å². The number of likely N-dealkylation sites (tertiary alicyclic amines) is 1. The van der Waals surface area contributed by atoms with E-state index >= 15 is 0 Å². The predicted molar refractivity (Wildman–Crippen MR) is 111 cm³/mol. The molecule has 3 heterocycles. The third-order valence-electron chi connectivity index (χ3n) is 6.27. The highest BCUT2D eigenvalue weighted by Gasteiger charge is 2.68. The first-order chi connectivity index (χ1) is 14.8. The minimum absolute atomic E-state index is 0.0175. The average Bonchev–Trinajstić information content (AvgIpc) is 3.36. The van der Waals surface area contributed by atoms with Gasteiger partial charge in [-0.1, -0.05) is 42.5 Å². The van der Waals surface area contributed by atoms with Crippen molar-refractivity contribution in [2.24, 2.45) is 11.8 Å². The molecule has 0 spiro atoms. The Kier molecular flexibility index (Phi) is 5.28. The van der Waals surface area contributed by atoms with Gasteiger partial charge < -0.3 is 14.6 Å². The minimum atomic E-state index is -1.96. The van der Waals surface area contributed by atoms with Crippen molar-refractivity contribution in [2.75, 3.05) is 13.2 Å². The summed E-state index contributed by atoms with van der Waals surface area (Å²) < 4.78 is 5.75. The van der Waals surface area contributed by atoms with E-state index in [4.69, 9.17) is 4.42 Å². The quantitative estimate of drug-likeness (QED) is 0.604. The molecule has 2 saturated heterocycles. The molecule has 8 heteroatoms. The number of carboxylic acid groups (broad SMARTS) is 1. The van der Waals surface area contributed by atoms with E-state index in [1.54, 1.807) is 25.1 Å². The molecule has 2 fully saturated rings. The zero-order valence-corrected chi connectivity index (χ0v) is 17.2. The summed E-state index contributed by atoms with van der Waals surface area (Å²) in [6, 6.07) is 10.3. The first-order valence-electron chi connectivity index (χ1n) is 10.1. The van der Waals surface area contributed by atoms with Crippen LogP contribution in [0, 0.1) is 25.7 Å². The molecule has 1 aromatic carbocycles. The summed E-state index contributed by atoms with van der Waals surface area (Å²) in [6.07, 6.45) is 3.48. The molecule has 31 heavy (non-hydrogen) atoms. The molecule has 4 rings (SSSR count). The Hall–Kier alpha value is -3.23. The molecule has 2 aromatic rings. The summed E-state index contributed by atoms with van der Waals surface area (Å²) in [5.74, 6) is -3.66. The van der Waals surface area contributed by atoms with Crippen molar-refractivity contribution in [3.63, 3.8) is 0 Å². The van der Waals surface area contributed by atoms with Gasteiger partial charge in [0, 0.05) is 6.54 Å². The number of aryl methyl sites for hydroxylation is 2. The number of fused-ring (bicyclic) bond motifs is 1. The zero-order chi connectivity index (χ0) is 22.3. The van der Waals surface area contributed by atoms with Crippen LogP contribution in [0.3, 0.4) is 0 Å². The van der Waals surface area contributed by atoms with Gasteiger partial charge in [0.25, 0.3) is 0 Å². The monoisotopic (exact) mass is 424 g/mol. The summed E-state index contributed by atoms with van der Waals surface area (Å²) >= 11 is 0. The number of aliphatic carboxylic acids is 1. The number of carbonyl (C=O) groups excluding carboxylic acids is 2. The van der Waals surface area contributed by atoms with Gasteiger partial charge in [0.05, 0.1) is 24.5 Å². The van der Waals surface area contributed by atoms with Crippen LogP contribution in [0.5, 0.6) is 0 Å². The standard InChI is InChI=1S/C23H24N2O6/c1-13-11-16(31-14(13)2)19-17-18(23(12-26,24-19)22(29)30)21(28)25(20(17)27)10-6-9-15-7-4-3-5-8-15/h3-9,11,17-19,24,26H,10,12H2,1-2H3,(H,29,30). The fraction of sp³-hybridized carbons (Fsp3) is 0.348. The van der Waals surface area contributed by atoms with E-state index in [2.05, 4.69) is 5.32 Å². The van der Waals surface area contributed by atoms with Crippen molar-refractivity contribution in [1.82, 2.24) is 10.2 Å². The molecule has 8 nitrogen and oxygen atoms in total. The number of imide groups is 1. The molecule has 3 N–H and O–H groups in total. The average molecular weight is 424 g/mol. The van der Waals surface area contributed by atoms with E-state index in [1.807, 2.05) is 37.3 Å². The fourth-order valence-electron chi connectivity index (χ4n) is 4.51. The molecular weight excluding hydrogens is 400 g/mol. The van der Waals surface area contributed by atoms with Crippen molar-refractivity contribution < 1.29 is 29.0 Å². The number of carbonyl (C=O) groups is 3. The lowest BCUT2D eigenvalue weighted by molar-refractivity contribution is -0.153. The number of nitrogens with one attached hydrogen (secondary N) is 1. The van der Waals surface area contributed by atoms with Crippen LogP contribution in [0.15, 0.2) is 46.9 Å². The molecule has 4 unspecified atom stereocenters. The molecular formula is C23H24N2O6. The van der Waals surface area contributed by atoms with Gasteiger partial charge in [-0.05, 0) is 31.0 Å². The van der Waals surface area contributed by atoms with Crippen molar-refractivity contribution in [1.29, 1.82) is 0 Å². The molecule has 1 aromatic heterocycles. The van der Waals surface area contributed by atoms with E-state index in [9.17, 15) is 24.6 Å². The Morgan fingerprint density at radius 3 is 2.52 bits per heavy atom. The smallest absolute Gasteiger partial charge is 0.327 e. The largest absolute Gasteiger partial charge is 0.480 e. The minimum Gasteiger partial charge on any atom is -0.480 e. The number of carboxylic acids is 1. The molecule has 0 radical (unpaired) electrons. The summed E-state index contributed by atoms with van der Waals surface area (Å²) in [7, 11) is 0. The van der Waals surface area contributed by atoms with Crippen molar-refractivity contribution in [3.05, 3.63) is 65.1 Å². The summed E-state index contributed by atoms with van der Waals surface area (Å²) in [5.41, 5.74) is -0.197. The van der Waals surface area contributed by atoms with Gasteiger partial charge in [0.2, 0.25) is 11.8 Å². The second kappa shape index (κ2) is 7.79. The van der Waals surface area contributed by atoms with Gasteiger partial charge >= 0.3 is 5.97 Å². The third-order valence-corrected chi connectivity index (χ3v) is 6.27. The number of aliphatic hydroxyl groups excluding tert-OH is 1. The van der Waals surface area contributed by atoms with Crippen LogP contribution in [0.1, 0.15) is 28.7 Å². The Bertz CT molecular complexity index is 1040. The number of benzene rings is 1. The van der Waals surface area contributed by atoms with Crippen molar-refractivity contribution >= 4 is 23.9 Å². The maximum absolute atomic E-state index is 13.3. The lowest BCUT2D eigenvalue weighted by Gasteiger charge is -2.28. The number of hydrogen-bond acceptors (Lipinski definition) is 6. The second-order valence-corrected chi connectivity index (χ2v) is 8.05. The highest BCUT2D eigenvalue weighted by atomic mass is 16.4. The molecule has 0 aliphatic carbocycles. The number of aliphatic hydroxyl groups is 1. The normalized spacial score (nSPS) is 28.0. The van der Waals surface area contributed by atoms with Crippen LogP contribution in [0.2, 0.25) is 0 Å². The van der Waals surface area contributed by atoms with Crippen LogP contribution in [0.4, 0.5) is 0 Å².